The van der Waals surface area contributed by atoms with Gasteiger partial charge in [-0.1, -0.05) is 25.1 Å². The Balaban J connectivity index is 1.56. The van der Waals surface area contributed by atoms with Crippen molar-refractivity contribution in [2.75, 3.05) is 5.75 Å². The molecule has 0 unspecified atom stereocenters. The molecule has 0 aromatic carbocycles. The minimum Gasteiger partial charge on any atom is -0.353 e. The van der Waals surface area contributed by atoms with Crippen LogP contribution in [-0.2, 0) is 4.79 Å². The van der Waals surface area contributed by atoms with Gasteiger partial charge in [-0.3, -0.25) is 4.79 Å². The summed E-state index contributed by atoms with van der Waals surface area (Å²) < 4.78 is 2.30. The highest BCUT2D eigenvalue weighted by Crippen LogP contribution is 2.45. The van der Waals surface area contributed by atoms with Gasteiger partial charge in [-0.15, -0.1) is 10.2 Å². The van der Waals surface area contributed by atoms with Crippen LogP contribution in [0, 0.1) is 0 Å². The molecule has 1 heterocycles. The quantitative estimate of drug-likeness (QED) is 0.750. The van der Waals surface area contributed by atoms with Crippen LogP contribution < -0.4 is 5.32 Å². The van der Waals surface area contributed by atoms with Gasteiger partial charge in [0.1, 0.15) is 5.82 Å². The van der Waals surface area contributed by atoms with Crippen LogP contribution in [0.15, 0.2) is 5.16 Å². The number of carbonyl (C=O) groups excluding carboxylic acids is 1. The summed E-state index contributed by atoms with van der Waals surface area (Å²) in [5.41, 5.74) is 0. The first-order valence-corrected chi connectivity index (χ1v) is 9.04. The van der Waals surface area contributed by atoms with E-state index < -0.39 is 0 Å². The molecule has 21 heavy (non-hydrogen) atoms. The third kappa shape index (κ3) is 3.78. The van der Waals surface area contributed by atoms with Gasteiger partial charge in [0, 0.05) is 18.0 Å². The van der Waals surface area contributed by atoms with Crippen molar-refractivity contribution in [3.8, 4) is 0 Å². The van der Waals surface area contributed by atoms with Crippen LogP contribution in [0.4, 0.5) is 0 Å². The van der Waals surface area contributed by atoms with Crippen molar-refractivity contribution in [2.24, 2.45) is 0 Å². The van der Waals surface area contributed by atoms with Crippen LogP contribution in [0.25, 0.3) is 0 Å². The fourth-order valence-corrected chi connectivity index (χ4v) is 3.46. The summed E-state index contributed by atoms with van der Waals surface area (Å²) in [5.74, 6) is 2.30. The van der Waals surface area contributed by atoms with E-state index >= 15 is 0 Å². The number of carbonyl (C=O) groups is 1. The lowest BCUT2D eigenvalue weighted by Crippen LogP contribution is -2.33. The van der Waals surface area contributed by atoms with E-state index in [0.717, 1.165) is 23.8 Å². The van der Waals surface area contributed by atoms with Gasteiger partial charge >= 0.3 is 0 Å². The summed E-state index contributed by atoms with van der Waals surface area (Å²) in [4.78, 5) is 12.0. The van der Waals surface area contributed by atoms with E-state index in [1.165, 1.54) is 37.4 Å². The van der Waals surface area contributed by atoms with Crippen molar-refractivity contribution >= 4 is 17.7 Å². The number of thioether (sulfide) groups is 1. The zero-order chi connectivity index (χ0) is 14.8. The second-order valence-corrected chi connectivity index (χ2v) is 7.20. The summed E-state index contributed by atoms with van der Waals surface area (Å²) >= 11 is 1.53. The zero-order valence-corrected chi connectivity index (χ0v) is 13.7. The molecule has 116 valence electrons. The molecule has 3 rings (SSSR count). The SMILES string of the molecule is CCC[C@H](C)NC(=O)CSc1nnc(C2CC2)n1C1CC1. The highest BCUT2D eigenvalue weighted by Gasteiger charge is 2.36. The Labute approximate surface area is 130 Å². The number of aromatic nitrogens is 3. The lowest BCUT2D eigenvalue weighted by molar-refractivity contribution is -0.119. The fourth-order valence-electron chi connectivity index (χ4n) is 2.63. The first-order valence-electron chi connectivity index (χ1n) is 8.06. The van der Waals surface area contributed by atoms with Gasteiger partial charge in [-0.05, 0) is 39.0 Å². The van der Waals surface area contributed by atoms with Crippen molar-refractivity contribution in [3.05, 3.63) is 5.82 Å². The van der Waals surface area contributed by atoms with Crippen LogP contribution in [0.5, 0.6) is 0 Å². The van der Waals surface area contributed by atoms with Crippen molar-refractivity contribution < 1.29 is 4.79 Å². The molecule has 2 aliphatic carbocycles. The second-order valence-electron chi connectivity index (χ2n) is 6.26. The molecule has 1 amide bonds. The largest absolute Gasteiger partial charge is 0.353 e. The molecule has 1 aromatic heterocycles. The number of nitrogens with one attached hydrogen (secondary N) is 1. The smallest absolute Gasteiger partial charge is 0.230 e. The normalized spacial score (nSPS) is 19.5. The Morgan fingerprint density at radius 3 is 2.76 bits per heavy atom. The molecule has 1 aromatic rings. The third-order valence-electron chi connectivity index (χ3n) is 4.01. The predicted molar refractivity (Wildman–Crippen MR) is 83.5 cm³/mol. The molecule has 2 saturated carbocycles. The first kappa shape index (κ1) is 14.9. The number of nitrogens with zero attached hydrogens (tertiary/aromatic N) is 3. The van der Waals surface area contributed by atoms with Gasteiger partial charge in [-0.25, -0.2) is 0 Å². The van der Waals surface area contributed by atoms with E-state index in [9.17, 15) is 4.79 Å². The summed E-state index contributed by atoms with van der Waals surface area (Å²) in [6.45, 7) is 4.19. The molecule has 2 fully saturated rings. The van der Waals surface area contributed by atoms with Crippen molar-refractivity contribution in [1.82, 2.24) is 20.1 Å². The van der Waals surface area contributed by atoms with Crippen LogP contribution in [0.3, 0.4) is 0 Å². The highest BCUT2D eigenvalue weighted by atomic mass is 32.2. The van der Waals surface area contributed by atoms with Crippen LogP contribution in [0.2, 0.25) is 0 Å². The Kier molecular flexibility index (Phi) is 4.52. The van der Waals surface area contributed by atoms with Gasteiger partial charge < -0.3 is 9.88 Å². The topological polar surface area (TPSA) is 59.8 Å². The molecule has 0 radical (unpaired) electrons. The minimum absolute atomic E-state index is 0.0965. The molecular formula is C15H24N4OS. The standard InChI is InChI=1S/C15H24N4OS/c1-3-4-10(2)16-13(20)9-21-15-18-17-14(11-5-6-11)19(15)12-7-8-12/h10-12H,3-9H2,1-2H3,(H,16,20)/t10-/m0/s1. The average molecular weight is 308 g/mol. The Hall–Kier alpha value is -1.04. The summed E-state index contributed by atoms with van der Waals surface area (Å²) in [6.07, 6.45) is 7.06. The van der Waals surface area contributed by atoms with E-state index in [0.29, 0.717) is 17.7 Å². The third-order valence-corrected chi connectivity index (χ3v) is 4.95. The molecule has 0 aliphatic heterocycles. The van der Waals surface area contributed by atoms with Crippen molar-refractivity contribution in [3.63, 3.8) is 0 Å². The van der Waals surface area contributed by atoms with Crippen molar-refractivity contribution in [2.45, 2.75) is 75.5 Å². The molecule has 0 bridgehead atoms. The van der Waals surface area contributed by atoms with Crippen LogP contribution >= 0.6 is 11.8 Å². The minimum atomic E-state index is 0.0965. The molecular weight excluding hydrogens is 284 g/mol. The summed E-state index contributed by atoms with van der Waals surface area (Å²) in [5, 5.41) is 12.7. The lowest BCUT2D eigenvalue weighted by atomic mass is 10.2. The van der Waals surface area contributed by atoms with E-state index in [1.807, 2.05) is 0 Å². The molecule has 0 saturated heterocycles. The maximum Gasteiger partial charge on any atom is 0.230 e. The Bertz CT molecular complexity index is 508. The lowest BCUT2D eigenvalue weighted by Gasteiger charge is -2.12. The Morgan fingerprint density at radius 2 is 2.14 bits per heavy atom. The van der Waals surface area contributed by atoms with Gasteiger partial charge in [-0.2, -0.15) is 0 Å². The van der Waals surface area contributed by atoms with Gasteiger partial charge in [0.15, 0.2) is 5.16 Å². The zero-order valence-electron chi connectivity index (χ0n) is 12.8. The number of rotatable bonds is 8. The van der Waals surface area contributed by atoms with E-state index in [4.69, 9.17) is 0 Å². The molecule has 1 atom stereocenters. The molecule has 6 heteroatoms. The molecule has 1 N–H and O–H groups in total. The number of hydrogen-bond donors (Lipinski definition) is 1. The van der Waals surface area contributed by atoms with E-state index in [-0.39, 0.29) is 11.9 Å². The highest BCUT2D eigenvalue weighted by molar-refractivity contribution is 7.99. The molecule has 2 aliphatic rings. The van der Waals surface area contributed by atoms with Gasteiger partial charge in [0.05, 0.1) is 5.75 Å². The Morgan fingerprint density at radius 1 is 1.38 bits per heavy atom. The first-order chi connectivity index (χ1) is 10.2. The second kappa shape index (κ2) is 6.38. The monoisotopic (exact) mass is 308 g/mol. The van der Waals surface area contributed by atoms with Gasteiger partial charge in [0.2, 0.25) is 5.91 Å². The van der Waals surface area contributed by atoms with Crippen LogP contribution in [0.1, 0.15) is 70.2 Å². The number of amides is 1. The van der Waals surface area contributed by atoms with Crippen LogP contribution in [-0.4, -0.2) is 32.5 Å². The maximum absolute atomic E-state index is 12.0. The predicted octanol–water partition coefficient (Wildman–Crippen LogP) is 2.89. The summed E-state index contributed by atoms with van der Waals surface area (Å²) in [6, 6.07) is 0.839. The number of hydrogen-bond acceptors (Lipinski definition) is 4. The van der Waals surface area contributed by atoms with Crippen molar-refractivity contribution in [1.29, 1.82) is 0 Å². The summed E-state index contributed by atoms with van der Waals surface area (Å²) in [7, 11) is 0. The molecule has 0 spiro atoms. The van der Waals surface area contributed by atoms with E-state index in [1.54, 1.807) is 0 Å². The molecule has 5 nitrogen and oxygen atoms in total. The average Bonchev–Trinajstić information content (AvgIpc) is 3.35. The van der Waals surface area contributed by atoms with Gasteiger partial charge in [0.25, 0.3) is 0 Å². The maximum atomic E-state index is 12.0. The fraction of sp³-hybridized carbons (Fsp3) is 0.800. The van der Waals surface area contributed by atoms with E-state index in [2.05, 4.69) is 33.9 Å².